The lowest BCUT2D eigenvalue weighted by atomic mass is 10.1. The van der Waals surface area contributed by atoms with Crippen LogP contribution in [0.15, 0.2) is 78.9 Å². The third kappa shape index (κ3) is 8.07. The summed E-state index contributed by atoms with van der Waals surface area (Å²) >= 11 is 0. The quantitative estimate of drug-likeness (QED) is 0.153. The molecule has 36 heavy (non-hydrogen) atoms. The van der Waals surface area contributed by atoms with Crippen molar-refractivity contribution in [2.45, 2.75) is 12.6 Å². The van der Waals surface area contributed by atoms with Crippen molar-refractivity contribution < 1.29 is 19.6 Å². The molecule has 0 radical (unpaired) electrons. The third-order valence-electron chi connectivity index (χ3n) is 5.09. The van der Waals surface area contributed by atoms with Crippen LogP contribution in [0.1, 0.15) is 27.0 Å². The van der Waals surface area contributed by atoms with Crippen molar-refractivity contribution in [3.63, 3.8) is 0 Å². The lowest BCUT2D eigenvalue weighted by molar-refractivity contribution is -0.130. The lowest BCUT2D eigenvalue weighted by Crippen LogP contribution is -2.50. The van der Waals surface area contributed by atoms with E-state index in [0.717, 1.165) is 11.1 Å². The number of rotatable bonds is 9. The van der Waals surface area contributed by atoms with E-state index < -0.39 is 17.9 Å². The normalized spacial score (nSPS) is 10.9. The van der Waals surface area contributed by atoms with E-state index in [-0.39, 0.29) is 19.0 Å². The van der Waals surface area contributed by atoms with E-state index in [0.29, 0.717) is 23.4 Å². The number of carbonyl (C=O) groups excluding carboxylic acids is 3. The van der Waals surface area contributed by atoms with Gasteiger partial charge in [-0.2, -0.15) is 0 Å². The molecule has 3 rings (SSSR count). The Morgan fingerprint density at radius 2 is 1.47 bits per heavy atom. The summed E-state index contributed by atoms with van der Waals surface area (Å²) in [5.41, 5.74) is 10.5. The molecule has 0 fully saturated rings. The Morgan fingerprint density at radius 3 is 2.06 bits per heavy atom. The minimum absolute atomic E-state index is 0.135. The predicted molar refractivity (Wildman–Crippen MR) is 136 cm³/mol. The average Bonchev–Trinajstić information content (AvgIpc) is 2.91. The fraction of sp³-hybridized carbons (Fsp3) is 0.148. The molecule has 3 aromatic rings. The van der Waals surface area contributed by atoms with Gasteiger partial charge in [-0.25, -0.2) is 5.48 Å². The highest BCUT2D eigenvalue weighted by molar-refractivity contribution is 5.97. The zero-order valence-corrected chi connectivity index (χ0v) is 19.5. The summed E-state index contributed by atoms with van der Waals surface area (Å²) in [6.07, 6.45) is 0. The van der Waals surface area contributed by atoms with Crippen LogP contribution in [0.25, 0.3) is 0 Å². The molecule has 0 aromatic heterocycles. The number of nitrogens with two attached hydrogens (primary N) is 1. The number of benzene rings is 3. The first-order chi connectivity index (χ1) is 17.5. The van der Waals surface area contributed by atoms with Crippen LogP contribution in [-0.2, 0) is 16.1 Å². The van der Waals surface area contributed by atoms with E-state index in [2.05, 4.69) is 27.8 Å². The van der Waals surface area contributed by atoms with E-state index in [9.17, 15) is 14.4 Å². The first kappa shape index (κ1) is 26.1. The molecule has 0 saturated carbocycles. The van der Waals surface area contributed by atoms with Crippen molar-refractivity contribution in [3.8, 4) is 11.8 Å². The van der Waals surface area contributed by atoms with Gasteiger partial charge in [0, 0.05) is 35.5 Å². The summed E-state index contributed by atoms with van der Waals surface area (Å²) in [4.78, 5) is 35.8. The van der Waals surface area contributed by atoms with Crippen LogP contribution in [0.4, 0.5) is 5.69 Å². The first-order valence-electron chi connectivity index (χ1n) is 11.2. The van der Waals surface area contributed by atoms with Crippen LogP contribution in [0, 0.1) is 11.8 Å². The van der Waals surface area contributed by atoms with Gasteiger partial charge in [-0.15, -0.1) is 0 Å². The van der Waals surface area contributed by atoms with Crippen LogP contribution in [0.3, 0.4) is 0 Å². The maximum Gasteiger partial charge on any atom is 0.267 e. The molecule has 184 valence electrons. The third-order valence-corrected chi connectivity index (χ3v) is 5.09. The topological polar surface area (TPSA) is 146 Å². The molecular weight excluding hydrogens is 458 g/mol. The molecule has 0 spiro atoms. The fourth-order valence-electron chi connectivity index (χ4n) is 3.16. The molecule has 0 aliphatic heterocycles. The highest BCUT2D eigenvalue weighted by Crippen LogP contribution is 2.09. The second-order valence-corrected chi connectivity index (χ2v) is 7.78. The van der Waals surface area contributed by atoms with Crippen molar-refractivity contribution >= 4 is 23.4 Å². The number of anilines is 1. The van der Waals surface area contributed by atoms with Crippen molar-refractivity contribution in [1.29, 1.82) is 0 Å². The van der Waals surface area contributed by atoms with Gasteiger partial charge in [-0.05, 0) is 54.1 Å². The van der Waals surface area contributed by atoms with Crippen molar-refractivity contribution in [3.05, 3.63) is 101 Å². The molecule has 0 aliphatic rings. The molecule has 9 heteroatoms. The number of amides is 3. The number of hydroxylamine groups is 1. The minimum atomic E-state index is -1.04. The minimum Gasteiger partial charge on any atom is -0.339 e. The predicted octanol–water partition coefficient (Wildman–Crippen LogP) is 1.38. The Hall–Kier alpha value is -4.49. The molecule has 7 N–H and O–H groups in total. The highest BCUT2D eigenvalue weighted by atomic mass is 16.5. The zero-order valence-electron chi connectivity index (χ0n) is 19.5. The summed E-state index contributed by atoms with van der Waals surface area (Å²) in [7, 11) is 0. The average molecular weight is 486 g/mol. The van der Waals surface area contributed by atoms with Gasteiger partial charge in [-0.3, -0.25) is 19.6 Å². The van der Waals surface area contributed by atoms with Gasteiger partial charge < -0.3 is 21.7 Å². The Kier molecular flexibility index (Phi) is 9.73. The van der Waals surface area contributed by atoms with E-state index in [1.807, 2.05) is 30.3 Å². The van der Waals surface area contributed by atoms with Gasteiger partial charge in [0.2, 0.25) is 5.91 Å². The van der Waals surface area contributed by atoms with Crippen molar-refractivity contribution in [2.24, 2.45) is 5.73 Å². The van der Waals surface area contributed by atoms with E-state index >= 15 is 0 Å². The Labute approximate surface area is 209 Å². The molecule has 0 aliphatic carbocycles. The van der Waals surface area contributed by atoms with Gasteiger partial charge in [0.25, 0.3) is 11.8 Å². The highest BCUT2D eigenvalue weighted by Gasteiger charge is 2.19. The number of nitrogens with one attached hydrogen (secondary N) is 4. The number of carbonyl (C=O) groups is 3. The van der Waals surface area contributed by atoms with Gasteiger partial charge >= 0.3 is 0 Å². The lowest BCUT2D eigenvalue weighted by Gasteiger charge is -2.14. The number of hydrogen-bond donors (Lipinski definition) is 6. The van der Waals surface area contributed by atoms with Crippen LogP contribution in [-0.4, -0.2) is 42.1 Å². The summed E-state index contributed by atoms with van der Waals surface area (Å²) in [5, 5.41) is 17.1. The smallest absolute Gasteiger partial charge is 0.267 e. The molecule has 3 aromatic carbocycles. The Morgan fingerprint density at radius 1 is 0.861 bits per heavy atom. The number of hydrogen-bond acceptors (Lipinski definition) is 6. The van der Waals surface area contributed by atoms with Crippen LogP contribution in [0.2, 0.25) is 0 Å². The summed E-state index contributed by atoms with van der Waals surface area (Å²) < 4.78 is 0. The largest absolute Gasteiger partial charge is 0.339 e. The van der Waals surface area contributed by atoms with Gasteiger partial charge in [0.05, 0.1) is 6.54 Å². The Balaban J connectivity index is 1.49. The SMILES string of the molecule is NC[C@H](NC(=O)c1ccc(C#Cc2ccc(NC(=O)CNCc3ccccc3)cc2)cc1)C(=O)NO. The van der Waals surface area contributed by atoms with Gasteiger partial charge in [0.15, 0.2) is 0 Å². The van der Waals surface area contributed by atoms with Gasteiger partial charge in [0.1, 0.15) is 6.04 Å². The summed E-state index contributed by atoms with van der Waals surface area (Å²) in [6, 6.07) is 22.5. The Bertz CT molecular complexity index is 1230. The fourth-order valence-corrected chi connectivity index (χ4v) is 3.16. The molecule has 0 bridgehead atoms. The molecule has 0 heterocycles. The van der Waals surface area contributed by atoms with Gasteiger partial charge in [-0.1, -0.05) is 42.2 Å². The standard InChI is InChI=1S/C27H27N5O4/c28-16-24(27(35)32-36)31-26(34)22-12-8-19(9-13-22)6-7-20-10-14-23(15-11-20)30-25(33)18-29-17-21-4-2-1-3-5-21/h1-5,8-15,24,29,36H,16-18,28H2,(H,30,33)(H,31,34)(H,32,35)/t24-/m0/s1. The van der Waals surface area contributed by atoms with E-state index in [1.54, 1.807) is 48.5 Å². The van der Waals surface area contributed by atoms with Crippen LogP contribution in [0.5, 0.6) is 0 Å². The van der Waals surface area contributed by atoms with Crippen LogP contribution >= 0.6 is 0 Å². The summed E-state index contributed by atoms with van der Waals surface area (Å²) in [6.45, 7) is 0.658. The molecule has 0 unspecified atom stereocenters. The van der Waals surface area contributed by atoms with E-state index in [4.69, 9.17) is 10.9 Å². The molecule has 3 amide bonds. The summed E-state index contributed by atoms with van der Waals surface area (Å²) in [5.74, 6) is 4.62. The molecule has 0 saturated heterocycles. The van der Waals surface area contributed by atoms with Crippen molar-refractivity contribution in [1.82, 2.24) is 16.1 Å². The van der Waals surface area contributed by atoms with E-state index in [1.165, 1.54) is 5.48 Å². The maximum atomic E-state index is 12.3. The molecule has 1 atom stereocenters. The molecular formula is C27H27N5O4. The van der Waals surface area contributed by atoms with Crippen LogP contribution < -0.4 is 27.2 Å². The zero-order chi connectivity index (χ0) is 25.8. The maximum absolute atomic E-state index is 12.3. The monoisotopic (exact) mass is 485 g/mol. The van der Waals surface area contributed by atoms with Crippen molar-refractivity contribution in [2.75, 3.05) is 18.4 Å². The second-order valence-electron chi connectivity index (χ2n) is 7.78. The first-order valence-corrected chi connectivity index (χ1v) is 11.2. The second kappa shape index (κ2) is 13.4. The molecule has 9 nitrogen and oxygen atoms in total.